The first kappa shape index (κ1) is 15.1. The van der Waals surface area contributed by atoms with Gasteiger partial charge in [0, 0.05) is 17.5 Å². The number of anilines is 2. The molecule has 1 amide bonds. The highest BCUT2D eigenvalue weighted by Crippen LogP contribution is 2.24. The van der Waals surface area contributed by atoms with Gasteiger partial charge in [-0.25, -0.2) is 0 Å². The number of hydrogen-bond acceptors (Lipinski definition) is 4. The molecular formula is C12H17ClN2O2S. The smallest absolute Gasteiger partial charge is 0.234 e. The summed E-state index contributed by atoms with van der Waals surface area (Å²) < 4.78 is 0. The van der Waals surface area contributed by atoms with Gasteiger partial charge in [0.2, 0.25) is 5.91 Å². The average molecular weight is 289 g/mol. The van der Waals surface area contributed by atoms with Gasteiger partial charge in [0.1, 0.15) is 0 Å². The minimum atomic E-state index is -0.128. The van der Waals surface area contributed by atoms with Crippen molar-refractivity contribution in [2.75, 3.05) is 23.4 Å². The molecule has 1 rings (SSSR count). The van der Waals surface area contributed by atoms with Gasteiger partial charge in [0.05, 0.1) is 16.5 Å². The van der Waals surface area contributed by atoms with Gasteiger partial charge in [0.15, 0.2) is 0 Å². The number of rotatable bonds is 6. The van der Waals surface area contributed by atoms with Crippen molar-refractivity contribution in [3.8, 4) is 0 Å². The van der Waals surface area contributed by atoms with E-state index in [1.807, 2.05) is 6.92 Å². The van der Waals surface area contributed by atoms with Crippen LogP contribution in [0.1, 0.15) is 13.3 Å². The number of carbonyl (C=O) groups excluding carboxylic acids is 1. The summed E-state index contributed by atoms with van der Waals surface area (Å²) in [5, 5.41) is 12.2. The first-order valence-electron chi connectivity index (χ1n) is 5.60. The molecule has 1 aromatic rings. The lowest BCUT2D eigenvalue weighted by Crippen LogP contribution is -2.16. The fraction of sp³-hybridized carbons (Fsp3) is 0.417. The van der Waals surface area contributed by atoms with Crippen molar-refractivity contribution in [2.24, 2.45) is 0 Å². The quantitative estimate of drug-likeness (QED) is 0.703. The maximum Gasteiger partial charge on any atom is 0.234 e. The number of nitrogens with one attached hydrogen (secondary N) is 1. The molecule has 1 unspecified atom stereocenters. The molecule has 4 N–H and O–H groups in total. The van der Waals surface area contributed by atoms with Crippen molar-refractivity contribution in [3.05, 3.63) is 23.2 Å². The normalized spacial score (nSPS) is 12.2. The van der Waals surface area contributed by atoms with Gasteiger partial charge in [-0.05, 0) is 24.6 Å². The summed E-state index contributed by atoms with van der Waals surface area (Å²) in [6.45, 7) is 2.11. The Morgan fingerprint density at radius 1 is 1.61 bits per heavy atom. The van der Waals surface area contributed by atoms with Gasteiger partial charge in [-0.3, -0.25) is 4.79 Å². The number of amides is 1. The van der Waals surface area contributed by atoms with Crippen molar-refractivity contribution in [1.29, 1.82) is 0 Å². The van der Waals surface area contributed by atoms with Crippen LogP contribution in [-0.2, 0) is 4.79 Å². The number of hydrogen-bond donors (Lipinski definition) is 3. The van der Waals surface area contributed by atoms with Gasteiger partial charge in [-0.2, -0.15) is 0 Å². The molecule has 0 radical (unpaired) electrons. The SMILES string of the molecule is CC(CCO)SCC(=O)Nc1cc(N)ccc1Cl. The zero-order valence-electron chi connectivity index (χ0n) is 10.1. The maximum atomic E-state index is 11.7. The van der Waals surface area contributed by atoms with Crippen LogP contribution in [0, 0.1) is 0 Å². The third kappa shape index (κ3) is 5.16. The summed E-state index contributed by atoms with van der Waals surface area (Å²) in [7, 11) is 0. The highest BCUT2D eigenvalue weighted by Gasteiger charge is 2.09. The van der Waals surface area contributed by atoms with Crippen LogP contribution in [0.5, 0.6) is 0 Å². The van der Waals surface area contributed by atoms with Crippen LogP contribution >= 0.6 is 23.4 Å². The Labute approximate surface area is 116 Å². The lowest BCUT2D eigenvalue weighted by molar-refractivity contribution is -0.113. The molecule has 0 aromatic heterocycles. The molecule has 0 aliphatic rings. The van der Waals surface area contributed by atoms with Crippen LogP contribution in [0.3, 0.4) is 0 Å². The molecule has 1 aromatic carbocycles. The van der Waals surface area contributed by atoms with Gasteiger partial charge < -0.3 is 16.2 Å². The van der Waals surface area contributed by atoms with Crippen molar-refractivity contribution < 1.29 is 9.90 Å². The van der Waals surface area contributed by atoms with E-state index in [0.717, 1.165) is 0 Å². The molecule has 0 heterocycles. The van der Waals surface area contributed by atoms with Crippen LogP contribution in [0.25, 0.3) is 0 Å². The Hall–Kier alpha value is -0.910. The third-order valence-corrected chi connectivity index (χ3v) is 3.86. The van der Waals surface area contributed by atoms with E-state index in [2.05, 4.69) is 5.32 Å². The largest absolute Gasteiger partial charge is 0.399 e. The predicted octanol–water partition coefficient (Wildman–Crippen LogP) is 2.36. The predicted molar refractivity (Wildman–Crippen MR) is 78.1 cm³/mol. The first-order valence-corrected chi connectivity index (χ1v) is 7.03. The molecule has 100 valence electrons. The van der Waals surface area contributed by atoms with Crippen molar-refractivity contribution in [2.45, 2.75) is 18.6 Å². The zero-order chi connectivity index (χ0) is 13.5. The summed E-state index contributed by atoms with van der Waals surface area (Å²) in [6.07, 6.45) is 0.678. The lowest BCUT2D eigenvalue weighted by Gasteiger charge is -2.10. The molecule has 4 nitrogen and oxygen atoms in total. The van der Waals surface area contributed by atoms with E-state index in [0.29, 0.717) is 28.6 Å². The molecule has 0 bridgehead atoms. The van der Waals surface area contributed by atoms with E-state index < -0.39 is 0 Å². The molecule has 1 atom stereocenters. The topological polar surface area (TPSA) is 75.3 Å². The van der Waals surface area contributed by atoms with E-state index in [-0.39, 0.29) is 17.8 Å². The van der Waals surface area contributed by atoms with Gasteiger partial charge in [-0.1, -0.05) is 18.5 Å². The van der Waals surface area contributed by atoms with E-state index in [4.69, 9.17) is 22.4 Å². The molecule has 0 aliphatic carbocycles. The van der Waals surface area contributed by atoms with E-state index in [1.54, 1.807) is 18.2 Å². The number of nitrogens with two attached hydrogens (primary N) is 1. The second kappa shape index (κ2) is 7.51. The standard InChI is InChI=1S/C12H17ClN2O2S/c1-8(4-5-16)18-7-12(17)15-11-6-9(14)2-3-10(11)13/h2-3,6,8,16H,4-5,7,14H2,1H3,(H,15,17). The van der Waals surface area contributed by atoms with Crippen LogP contribution in [0.2, 0.25) is 5.02 Å². The second-order valence-electron chi connectivity index (χ2n) is 3.92. The van der Waals surface area contributed by atoms with Crippen LogP contribution in [-0.4, -0.2) is 28.6 Å². The van der Waals surface area contributed by atoms with E-state index in [1.165, 1.54) is 11.8 Å². The fourth-order valence-corrected chi connectivity index (χ4v) is 2.25. The highest BCUT2D eigenvalue weighted by molar-refractivity contribution is 8.00. The minimum Gasteiger partial charge on any atom is -0.399 e. The number of nitrogen functional groups attached to an aromatic ring is 1. The summed E-state index contributed by atoms with van der Waals surface area (Å²) in [5.74, 6) is 0.198. The van der Waals surface area contributed by atoms with Gasteiger partial charge in [-0.15, -0.1) is 11.8 Å². The van der Waals surface area contributed by atoms with Crippen LogP contribution in [0.4, 0.5) is 11.4 Å². The Morgan fingerprint density at radius 2 is 2.33 bits per heavy atom. The lowest BCUT2D eigenvalue weighted by atomic mass is 10.3. The number of halogens is 1. The Bertz CT molecular complexity index is 415. The molecule has 0 aliphatic heterocycles. The molecule has 0 spiro atoms. The molecule has 18 heavy (non-hydrogen) atoms. The number of carbonyl (C=O) groups is 1. The molecule has 0 saturated carbocycles. The summed E-state index contributed by atoms with van der Waals surface area (Å²) in [6, 6.07) is 4.95. The van der Waals surface area contributed by atoms with Crippen molar-refractivity contribution in [1.82, 2.24) is 0 Å². The van der Waals surface area contributed by atoms with Crippen LogP contribution in [0.15, 0.2) is 18.2 Å². The number of thioether (sulfide) groups is 1. The summed E-state index contributed by atoms with van der Waals surface area (Å²) in [5.41, 5.74) is 6.70. The Balaban J connectivity index is 2.47. The molecule has 6 heteroatoms. The number of aliphatic hydroxyl groups excluding tert-OH is 1. The summed E-state index contributed by atoms with van der Waals surface area (Å²) in [4.78, 5) is 11.7. The monoisotopic (exact) mass is 288 g/mol. The molecular weight excluding hydrogens is 272 g/mol. The van der Waals surface area contributed by atoms with Crippen LogP contribution < -0.4 is 11.1 Å². The van der Waals surface area contributed by atoms with E-state index in [9.17, 15) is 4.79 Å². The van der Waals surface area contributed by atoms with Gasteiger partial charge in [0.25, 0.3) is 0 Å². The number of benzene rings is 1. The third-order valence-electron chi connectivity index (χ3n) is 2.30. The van der Waals surface area contributed by atoms with Crippen molar-refractivity contribution >= 4 is 40.6 Å². The fourth-order valence-electron chi connectivity index (χ4n) is 1.31. The average Bonchev–Trinajstić information content (AvgIpc) is 2.32. The van der Waals surface area contributed by atoms with Crippen molar-refractivity contribution in [3.63, 3.8) is 0 Å². The number of aliphatic hydroxyl groups is 1. The van der Waals surface area contributed by atoms with Gasteiger partial charge >= 0.3 is 0 Å². The Kier molecular flexibility index (Phi) is 6.32. The minimum absolute atomic E-state index is 0.128. The summed E-state index contributed by atoms with van der Waals surface area (Å²) >= 11 is 7.43. The Morgan fingerprint density at radius 3 is 3.00 bits per heavy atom. The zero-order valence-corrected chi connectivity index (χ0v) is 11.7. The molecule has 0 fully saturated rings. The maximum absolute atomic E-state index is 11.7. The molecule has 0 saturated heterocycles. The first-order chi connectivity index (χ1) is 8.52. The second-order valence-corrected chi connectivity index (χ2v) is 5.76. The highest BCUT2D eigenvalue weighted by atomic mass is 35.5. The van der Waals surface area contributed by atoms with E-state index >= 15 is 0 Å².